The number of benzene rings is 5. The predicted octanol–water partition coefficient (Wildman–Crippen LogP) is 7.43. The van der Waals surface area contributed by atoms with E-state index in [0.29, 0.717) is 0 Å². The maximum atomic E-state index is 5.31. The van der Waals surface area contributed by atoms with Crippen molar-refractivity contribution in [3.63, 3.8) is 0 Å². The average Bonchev–Trinajstić information content (AvgIpc) is 3.19. The summed E-state index contributed by atoms with van der Waals surface area (Å²) in [6, 6.07) is 43.2. The molecule has 3 heteroatoms. The zero-order chi connectivity index (χ0) is 25.0. The smallest absolute Gasteiger partial charge is 0.159 e. The predicted molar refractivity (Wildman–Crippen MR) is 158 cm³/mol. The molecule has 0 saturated heterocycles. The van der Waals surface area contributed by atoms with Crippen molar-refractivity contribution in [2.45, 2.75) is 13.1 Å². The molecule has 0 radical (unpaired) electrons. The van der Waals surface area contributed by atoms with Gasteiger partial charge >= 0.3 is 0 Å². The third-order valence-corrected chi connectivity index (χ3v) is 11.0. The van der Waals surface area contributed by atoms with Crippen LogP contribution in [0.4, 0.5) is 0 Å². The largest absolute Gasteiger partial charge is 0.237 e. The summed E-state index contributed by atoms with van der Waals surface area (Å²) < 4.78 is 0. The van der Waals surface area contributed by atoms with Crippen LogP contribution in [0.2, 0.25) is 13.1 Å². The lowest BCUT2D eigenvalue weighted by molar-refractivity contribution is 1.21. The number of hydrogen-bond acceptors (Lipinski definition) is 2. The van der Waals surface area contributed by atoms with Gasteiger partial charge in [-0.25, -0.2) is 9.97 Å². The van der Waals surface area contributed by atoms with Gasteiger partial charge in [0.1, 0.15) is 8.07 Å². The molecular formula is C34H26N2Si. The lowest BCUT2D eigenvalue weighted by atomic mass is 9.98. The SMILES string of the molecule is C[Si]1(C)c2ccccc2-c2c(-c3ccccc3)nc(-c3cccc(-c4ccc5ccccc5c4)c3)nc21. The van der Waals surface area contributed by atoms with E-state index in [-0.39, 0.29) is 0 Å². The molecule has 6 aromatic rings. The highest BCUT2D eigenvalue weighted by atomic mass is 28.3. The Hall–Kier alpha value is -4.34. The van der Waals surface area contributed by atoms with Gasteiger partial charge in [-0.3, -0.25) is 0 Å². The molecule has 2 heterocycles. The second kappa shape index (κ2) is 8.36. The first-order valence-electron chi connectivity index (χ1n) is 12.8. The topological polar surface area (TPSA) is 25.8 Å². The van der Waals surface area contributed by atoms with Crippen molar-refractivity contribution in [2.75, 3.05) is 0 Å². The first-order valence-corrected chi connectivity index (χ1v) is 15.8. The highest BCUT2D eigenvalue weighted by molar-refractivity contribution is 7.03. The molecule has 0 fully saturated rings. The fraction of sp³-hybridized carbons (Fsp3) is 0.0588. The van der Waals surface area contributed by atoms with Gasteiger partial charge in [0.25, 0.3) is 0 Å². The highest BCUT2D eigenvalue weighted by Crippen LogP contribution is 2.36. The standard InChI is InChI=1S/C34H26N2Si/c1-37(2)30-18-9-8-17-29(30)31-32(24-12-4-3-5-13-24)35-33(36-34(31)37)28-16-10-15-26(22-28)27-20-19-23-11-6-7-14-25(23)21-27/h3-22H,1-2H3. The minimum atomic E-state index is -1.97. The molecule has 5 aromatic carbocycles. The minimum Gasteiger partial charge on any atom is -0.237 e. The first-order chi connectivity index (χ1) is 18.1. The maximum Gasteiger partial charge on any atom is 0.159 e. The average molecular weight is 491 g/mol. The van der Waals surface area contributed by atoms with Gasteiger partial charge in [0.2, 0.25) is 0 Å². The molecule has 1 aliphatic rings. The molecule has 0 saturated carbocycles. The van der Waals surface area contributed by atoms with Gasteiger partial charge in [-0.15, -0.1) is 0 Å². The van der Waals surface area contributed by atoms with E-state index in [1.807, 2.05) is 0 Å². The van der Waals surface area contributed by atoms with Gasteiger partial charge in [-0.05, 0) is 44.8 Å². The van der Waals surface area contributed by atoms with E-state index in [2.05, 4.69) is 134 Å². The molecule has 0 amide bonds. The number of hydrogen-bond donors (Lipinski definition) is 0. The Bertz CT molecular complexity index is 1800. The summed E-state index contributed by atoms with van der Waals surface area (Å²) in [5.74, 6) is 0.800. The quantitative estimate of drug-likeness (QED) is 0.241. The third-order valence-electron chi connectivity index (χ3n) is 7.62. The monoisotopic (exact) mass is 490 g/mol. The van der Waals surface area contributed by atoms with E-state index in [4.69, 9.17) is 9.97 Å². The van der Waals surface area contributed by atoms with Crippen molar-refractivity contribution in [3.05, 3.63) is 121 Å². The molecule has 0 bridgehead atoms. The van der Waals surface area contributed by atoms with E-state index >= 15 is 0 Å². The van der Waals surface area contributed by atoms with Gasteiger partial charge in [-0.1, -0.05) is 122 Å². The molecule has 0 spiro atoms. The Kier molecular flexibility index (Phi) is 4.95. The summed E-state index contributed by atoms with van der Waals surface area (Å²) in [6.45, 7) is 4.82. The van der Waals surface area contributed by atoms with Crippen LogP contribution >= 0.6 is 0 Å². The normalized spacial score (nSPS) is 13.4. The summed E-state index contributed by atoms with van der Waals surface area (Å²) in [5, 5.41) is 5.17. The van der Waals surface area contributed by atoms with Crippen molar-refractivity contribution in [3.8, 4) is 44.9 Å². The number of fused-ring (bicyclic) bond motifs is 4. The molecular weight excluding hydrogens is 464 g/mol. The Morgan fingerprint density at radius 2 is 1.19 bits per heavy atom. The van der Waals surface area contributed by atoms with Crippen molar-refractivity contribution in [1.29, 1.82) is 0 Å². The lowest BCUT2D eigenvalue weighted by Gasteiger charge is -2.19. The van der Waals surface area contributed by atoms with E-state index in [1.165, 1.54) is 43.5 Å². The van der Waals surface area contributed by atoms with E-state index in [1.54, 1.807) is 0 Å². The molecule has 0 atom stereocenters. The van der Waals surface area contributed by atoms with Crippen LogP contribution in [-0.4, -0.2) is 18.0 Å². The van der Waals surface area contributed by atoms with Gasteiger partial charge < -0.3 is 0 Å². The van der Waals surface area contributed by atoms with Crippen molar-refractivity contribution >= 4 is 29.4 Å². The summed E-state index contributed by atoms with van der Waals surface area (Å²) in [7, 11) is -1.97. The maximum absolute atomic E-state index is 5.31. The van der Waals surface area contributed by atoms with Crippen LogP contribution in [-0.2, 0) is 0 Å². The van der Waals surface area contributed by atoms with E-state index in [0.717, 1.165) is 22.6 Å². The molecule has 0 unspecified atom stereocenters. The van der Waals surface area contributed by atoms with Crippen LogP contribution in [0.1, 0.15) is 0 Å². The molecule has 0 aliphatic carbocycles. The zero-order valence-electron chi connectivity index (χ0n) is 20.9. The van der Waals surface area contributed by atoms with Crippen LogP contribution in [0.25, 0.3) is 55.7 Å². The molecule has 37 heavy (non-hydrogen) atoms. The number of rotatable bonds is 3. The van der Waals surface area contributed by atoms with Crippen LogP contribution in [0, 0.1) is 0 Å². The summed E-state index contributed by atoms with van der Waals surface area (Å²) in [6.07, 6.45) is 0. The lowest BCUT2D eigenvalue weighted by Crippen LogP contribution is -2.50. The summed E-state index contributed by atoms with van der Waals surface area (Å²) in [5.41, 5.74) is 8.10. The van der Waals surface area contributed by atoms with Gasteiger partial charge in [0, 0.05) is 22.0 Å². The molecule has 176 valence electrons. The summed E-state index contributed by atoms with van der Waals surface area (Å²) >= 11 is 0. The van der Waals surface area contributed by atoms with Gasteiger partial charge in [0.15, 0.2) is 5.82 Å². The molecule has 7 rings (SSSR count). The fourth-order valence-corrected chi connectivity index (χ4v) is 8.60. The van der Waals surface area contributed by atoms with Gasteiger partial charge in [-0.2, -0.15) is 0 Å². The number of aromatic nitrogens is 2. The fourth-order valence-electron chi connectivity index (χ4n) is 5.68. The number of nitrogens with zero attached hydrogens (tertiary/aromatic N) is 2. The Morgan fingerprint density at radius 3 is 2.05 bits per heavy atom. The minimum absolute atomic E-state index is 0.800. The van der Waals surface area contributed by atoms with Crippen molar-refractivity contribution in [2.24, 2.45) is 0 Å². The van der Waals surface area contributed by atoms with Crippen molar-refractivity contribution in [1.82, 2.24) is 9.97 Å². The molecule has 0 N–H and O–H groups in total. The second-order valence-electron chi connectivity index (χ2n) is 10.3. The second-order valence-corrected chi connectivity index (χ2v) is 14.6. The van der Waals surface area contributed by atoms with E-state index in [9.17, 15) is 0 Å². The van der Waals surface area contributed by atoms with Crippen LogP contribution in [0.5, 0.6) is 0 Å². The Morgan fingerprint density at radius 1 is 0.514 bits per heavy atom. The highest BCUT2D eigenvalue weighted by Gasteiger charge is 2.41. The molecule has 2 nitrogen and oxygen atoms in total. The third kappa shape index (κ3) is 3.54. The van der Waals surface area contributed by atoms with Crippen LogP contribution in [0.15, 0.2) is 121 Å². The first kappa shape index (κ1) is 21.9. The van der Waals surface area contributed by atoms with E-state index < -0.39 is 8.07 Å². The van der Waals surface area contributed by atoms with Crippen LogP contribution in [0.3, 0.4) is 0 Å². The molecule has 1 aromatic heterocycles. The van der Waals surface area contributed by atoms with Gasteiger partial charge in [0.05, 0.1) is 5.69 Å². The summed E-state index contributed by atoms with van der Waals surface area (Å²) in [4.78, 5) is 10.6. The Balaban J connectivity index is 1.43. The Labute approximate surface area is 218 Å². The zero-order valence-corrected chi connectivity index (χ0v) is 21.9. The van der Waals surface area contributed by atoms with Crippen LogP contribution < -0.4 is 10.5 Å². The molecule has 1 aliphatic heterocycles. The van der Waals surface area contributed by atoms with Crippen molar-refractivity contribution < 1.29 is 0 Å².